The quantitative estimate of drug-likeness (QED) is 0.167. The molecule has 2 aromatic heterocycles. The van der Waals surface area contributed by atoms with Crippen LogP contribution in [0.15, 0.2) is 53.5 Å². The third-order valence-electron chi connectivity index (χ3n) is 14.1. The summed E-state index contributed by atoms with van der Waals surface area (Å²) in [5, 5.41) is 9.54. The molecule has 1 unspecified atom stereocenters. The number of nitrogens with one attached hydrogen (secondary N) is 3. The van der Waals surface area contributed by atoms with Crippen LogP contribution in [0, 0.1) is 11.3 Å². The van der Waals surface area contributed by atoms with Gasteiger partial charge in [0.1, 0.15) is 16.8 Å². The minimum Gasteiger partial charge on any atom is -0.478 e. The van der Waals surface area contributed by atoms with Crippen LogP contribution in [0.3, 0.4) is 0 Å². The van der Waals surface area contributed by atoms with Crippen molar-refractivity contribution < 1.29 is 32.7 Å². The predicted molar refractivity (Wildman–Crippen MR) is 241 cm³/mol. The van der Waals surface area contributed by atoms with Gasteiger partial charge >= 0.3 is 0 Å². The first-order valence-electron chi connectivity index (χ1n) is 22.2. The Bertz CT molecular complexity index is 2600. The van der Waals surface area contributed by atoms with E-state index in [-0.39, 0.29) is 93.2 Å². The first-order chi connectivity index (χ1) is 31.1. The Morgan fingerprint density at radius 1 is 1.05 bits per heavy atom. The van der Waals surface area contributed by atoms with Gasteiger partial charge in [-0.3, -0.25) is 24.1 Å². The molecule has 19 heteroatoms. The number of pyridine rings is 1. The van der Waals surface area contributed by atoms with E-state index in [0.717, 1.165) is 30.4 Å². The number of piperidine rings is 3. The van der Waals surface area contributed by atoms with Crippen LogP contribution in [-0.2, 0) is 20.9 Å². The molecule has 16 nitrogen and oxygen atoms in total. The standard InChI is InChI=1S/C46H53ClF2N10O6/c1-28(2)59-35-8-7-31(17-30(35)18-37(42(59)64)65-22-39(62)50-3)53-40-34(47)19-51-43(54-40)56-14-10-29(11-15-56)20-55-16-13-44(46(48,49)26-55)24-57(25-44)36-6-4-5-32-33(36)21-58(41(32)63)45(27-60)12-9-38(61)52-23-45/h4-8,17-19,27-29H,9-16,20-26H2,1-3H3,(H,50,62)(H,52,61)(H,51,53,54). The number of amides is 3. The third kappa shape index (κ3) is 8.12. The molecule has 1 spiro atoms. The van der Waals surface area contributed by atoms with Crippen molar-refractivity contribution in [1.82, 2.24) is 35.0 Å². The number of likely N-dealkylation sites (tertiary alicyclic amines) is 1. The number of hydrogen-bond acceptors (Lipinski definition) is 12. The molecular weight excluding hydrogens is 862 g/mol. The molecule has 3 N–H and O–H groups in total. The molecule has 9 rings (SSSR count). The van der Waals surface area contributed by atoms with E-state index in [1.807, 2.05) is 47.9 Å². The Morgan fingerprint density at radius 2 is 1.83 bits per heavy atom. The summed E-state index contributed by atoms with van der Waals surface area (Å²) in [6.45, 7) is 6.25. The summed E-state index contributed by atoms with van der Waals surface area (Å²) in [5.74, 6) is -2.51. The van der Waals surface area contributed by atoms with Crippen LogP contribution in [0.1, 0.15) is 67.9 Å². The molecule has 7 heterocycles. The monoisotopic (exact) mass is 914 g/mol. The highest BCUT2D eigenvalue weighted by Crippen LogP contribution is 2.52. The zero-order valence-electron chi connectivity index (χ0n) is 36.7. The Hall–Kier alpha value is -5.88. The second kappa shape index (κ2) is 17.2. The van der Waals surface area contributed by atoms with Crippen LogP contribution in [0.2, 0.25) is 5.02 Å². The van der Waals surface area contributed by atoms with Gasteiger partial charge in [-0.15, -0.1) is 0 Å². The fraction of sp³-hybridized carbons (Fsp3) is 0.500. The molecule has 0 radical (unpaired) electrons. The number of alkyl halides is 2. The minimum absolute atomic E-state index is 0.0533. The molecule has 5 aliphatic heterocycles. The maximum Gasteiger partial charge on any atom is 0.293 e. The van der Waals surface area contributed by atoms with Crippen molar-refractivity contribution in [2.24, 2.45) is 11.3 Å². The highest BCUT2D eigenvalue weighted by Gasteiger charge is 2.63. The molecule has 4 saturated heterocycles. The van der Waals surface area contributed by atoms with Crippen LogP contribution < -0.4 is 36.0 Å². The molecular formula is C46H53ClF2N10O6. The van der Waals surface area contributed by atoms with E-state index >= 15 is 8.78 Å². The van der Waals surface area contributed by atoms with Gasteiger partial charge in [0.05, 0.1) is 23.7 Å². The molecule has 0 bridgehead atoms. The number of halogens is 3. The Morgan fingerprint density at radius 3 is 2.52 bits per heavy atom. The van der Waals surface area contributed by atoms with Crippen LogP contribution in [0.25, 0.3) is 10.9 Å². The Labute approximate surface area is 379 Å². The summed E-state index contributed by atoms with van der Waals surface area (Å²) in [4.78, 5) is 79.7. The van der Waals surface area contributed by atoms with Gasteiger partial charge in [-0.2, -0.15) is 4.98 Å². The molecule has 344 valence electrons. The molecule has 1 atom stereocenters. The van der Waals surface area contributed by atoms with Crippen molar-refractivity contribution >= 4 is 69.7 Å². The van der Waals surface area contributed by atoms with Crippen molar-refractivity contribution in [3.63, 3.8) is 0 Å². The number of rotatable bonds is 12. The van der Waals surface area contributed by atoms with Crippen LogP contribution in [0.5, 0.6) is 5.75 Å². The van der Waals surface area contributed by atoms with Gasteiger partial charge in [0.15, 0.2) is 18.2 Å². The summed E-state index contributed by atoms with van der Waals surface area (Å²) < 4.78 is 39.7. The zero-order chi connectivity index (χ0) is 45.8. The second-order valence-corrected chi connectivity index (χ2v) is 18.9. The summed E-state index contributed by atoms with van der Waals surface area (Å²) in [5.41, 5.74) is 0.683. The zero-order valence-corrected chi connectivity index (χ0v) is 37.4. The average molecular weight is 915 g/mol. The number of ether oxygens (including phenoxy) is 1. The number of aldehydes is 1. The smallest absolute Gasteiger partial charge is 0.293 e. The normalized spacial score (nSPS) is 21.9. The SMILES string of the molecule is CNC(=O)COc1cc2cc(Nc3nc(N4CCC(CN5CCC6(CN(c7cccc8c7CN(C7(C=O)CCC(=O)NC7)C8=O)C6)C(F)(F)C5)CC4)ncc3Cl)ccc2n(C(C)C)c1=O. The van der Waals surface area contributed by atoms with E-state index in [2.05, 4.69) is 25.8 Å². The minimum atomic E-state index is -2.91. The molecule has 3 amide bonds. The fourth-order valence-electron chi connectivity index (χ4n) is 10.3. The van der Waals surface area contributed by atoms with Crippen LogP contribution in [0.4, 0.5) is 31.9 Å². The lowest BCUT2D eigenvalue weighted by atomic mass is 9.68. The van der Waals surface area contributed by atoms with E-state index in [1.165, 1.54) is 11.9 Å². The topological polar surface area (TPSA) is 174 Å². The van der Waals surface area contributed by atoms with E-state index in [1.54, 1.807) is 29.0 Å². The molecule has 2 aromatic carbocycles. The maximum atomic E-state index is 16.2. The molecule has 4 fully saturated rings. The van der Waals surface area contributed by atoms with Crippen molar-refractivity contribution in [2.75, 3.05) is 81.1 Å². The predicted octanol–water partition coefficient (Wildman–Crippen LogP) is 4.76. The molecule has 65 heavy (non-hydrogen) atoms. The summed E-state index contributed by atoms with van der Waals surface area (Å²) >= 11 is 6.59. The van der Waals surface area contributed by atoms with Gasteiger partial charge in [0.2, 0.25) is 11.9 Å². The fourth-order valence-corrected chi connectivity index (χ4v) is 10.4. The van der Waals surface area contributed by atoms with Gasteiger partial charge in [-0.1, -0.05) is 17.7 Å². The van der Waals surface area contributed by atoms with E-state index < -0.39 is 16.9 Å². The summed E-state index contributed by atoms with van der Waals surface area (Å²) in [6, 6.07) is 12.3. The Kier molecular flexibility index (Phi) is 11.7. The van der Waals surface area contributed by atoms with Gasteiger partial charge in [0.25, 0.3) is 23.3 Å². The number of anilines is 4. The lowest BCUT2D eigenvalue weighted by Crippen LogP contribution is -2.70. The summed E-state index contributed by atoms with van der Waals surface area (Å²) in [7, 11) is 1.50. The highest BCUT2D eigenvalue weighted by molar-refractivity contribution is 6.33. The first-order valence-corrected chi connectivity index (χ1v) is 22.6. The average Bonchev–Trinajstić information content (AvgIpc) is 3.62. The third-order valence-corrected chi connectivity index (χ3v) is 14.4. The lowest BCUT2D eigenvalue weighted by Gasteiger charge is -2.58. The van der Waals surface area contributed by atoms with Crippen molar-refractivity contribution in [3.8, 4) is 5.75 Å². The number of likely N-dealkylation sites (N-methyl/N-ethyl adjacent to an activating group) is 1. The van der Waals surface area contributed by atoms with Gasteiger partial charge in [0, 0.05) is 93.2 Å². The van der Waals surface area contributed by atoms with Crippen LogP contribution >= 0.6 is 11.6 Å². The number of nitrogens with zero attached hydrogens (tertiary/aromatic N) is 7. The van der Waals surface area contributed by atoms with Crippen molar-refractivity contribution in [2.45, 2.75) is 70.0 Å². The van der Waals surface area contributed by atoms with Crippen LogP contribution in [-0.4, -0.2) is 126 Å². The first kappa shape index (κ1) is 44.3. The van der Waals surface area contributed by atoms with Gasteiger partial charge < -0.3 is 44.7 Å². The second-order valence-electron chi connectivity index (χ2n) is 18.5. The molecule has 4 aromatic rings. The largest absolute Gasteiger partial charge is 0.478 e. The number of fused-ring (bicyclic) bond motifs is 2. The number of carbonyl (C=O) groups is 4. The molecule has 0 aliphatic carbocycles. The number of benzene rings is 2. The highest BCUT2D eigenvalue weighted by atomic mass is 35.5. The number of aromatic nitrogens is 3. The summed E-state index contributed by atoms with van der Waals surface area (Å²) in [6.07, 6.45) is 4.63. The lowest BCUT2D eigenvalue weighted by molar-refractivity contribution is -0.181. The molecule has 0 saturated carbocycles. The number of carbonyl (C=O) groups excluding carboxylic acids is 4. The van der Waals surface area contributed by atoms with E-state index in [4.69, 9.17) is 21.3 Å². The van der Waals surface area contributed by atoms with E-state index in [0.29, 0.717) is 71.5 Å². The molecule has 5 aliphatic rings. The van der Waals surface area contributed by atoms with E-state index in [9.17, 15) is 24.0 Å². The maximum absolute atomic E-state index is 16.2. The van der Waals surface area contributed by atoms with Crippen molar-refractivity contribution in [3.05, 3.63) is 75.2 Å². The van der Waals surface area contributed by atoms with Gasteiger partial charge in [-0.25, -0.2) is 13.8 Å². The number of hydrogen-bond donors (Lipinski definition) is 3. The Balaban J connectivity index is 0.799. The van der Waals surface area contributed by atoms with Crippen molar-refractivity contribution in [1.29, 1.82) is 0 Å². The van der Waals surface area contributed by atoms with Gasteiger partial charge in [-0.05, 0) is 88.4 Å².